The molecule has 0 radical (unpaired) electrons. The third-order valence-corrected chi connectivity index (χ3v) is 3.37. The van der Waals surface area contributed by atoms with Gasteiger partial charge < -0.3 is 5.32 Å². The number of amides is 1. The number of nitrogens with one attached hydrogen (secondary N) is 1. The summed E-state index contributed by atoms with van der Waals surface area (Å²) in [7, 11) is 0. The van der Waals surface area contributed by atoms with E-state index in [4.69, 9.17) is 11.6 Å². The van der Waals surface area contributed by atoms with Gasteiger partial charge in [-0.05, 0) is 42.0 Å². The molecule has 0 spiro atoms. The monoisotopic (exact) mass is 393 g/mol. The SMILES string of the molecule is O=C(C=Cc1cccc(Cl)c1)Nc1cc(C(F)(F)F)cc(C(F)(F)F)c1. The standard InChI is InChI=1S/C17H10ClF6NO/c18-13-3-1-2-10(6-13)4-5-15(26)25-14-8-11(16(19,20)21)7-12(9-14)17(22,23)24/h1-9H,(H,25,26). The van der Waals surface area contributed by atoms with Gasteiger partial charge in [-0.15, -0.1) is 0 Å². The lowest BCUT2D eigenvalue weighted by Crippen LogP contribution is -2.14. The lowest BCUT2D eigenvalue weighted by Gasteiger charge is -2.14. The summed E-state index contributed by atoms with van der Waals surface area (Å²) in [6, 6.07) is 7.19. The van der Waals surface area contributed by atoms with Crippen molar-refractivity contribution in [1.82, 2.24) is 0 Å². The van der Waals surface area contributed by atoms with Crippen LogP contribution in [0.3, 0.4) is 0 Å². The van der Waals surface area contributed by atoms with Gasteiger partial charge in [0.1, 0.15) is 0 Å². The van der Waals surface area contributed by atoms with Crippen LogP contribution in [0.1, 0.15) is 16.7 Å². The minimum atomic E-state index is -4.99. The highest BCUT2D eigenvalue weighted by Crippen LogP contribution is 2.37. The van der Waals surface area contributed by atoms with E-state index in [0.29, 0.717) is 22.7 Å². The van der Waals surface area contributed by atoms with E-state index in [1.54, 1.807) is 18.2 Å². The summed E-state index contributed by atoms with van der Waals surface area (Å²) in [6.45, 7) is 0. The molecule has 0 atom stereocenters. The molecular weight excluding hydrogens is 384 g/mol. The van der Waals surface area contributed by atoms with E-state index in [-0.39, 0.29) is 6.07 Å². The fourth-order valence-electron chi connectivity index (χ4n) is 1.99. The maximum absolute atomic E-state index is 12.8. The Hall–Kier alpha value is -2.48. The number of carbonyl (C=O) groups is 1. The molecule has 2 aromatic rings. The Bertz CT molecular complexity index is 810. The van der Waals surface area contributed by atoms with E-state index in [1.165, 1.54) is 12.1 Å². The first-order chi connectivity index (χ1) is 11.9. The average molecular weight is 394 g/mol. The number of hydrogen-bond acceptors (Lipinski definition) is 1. The van der Waals surface area contributed by atoms with Crippen LogP contribution in [-0.2, 0) is 17.1 Å². The van der Waals surface area contributed by atoms with Crippen molar-refractivity contribution in [2.24, 2.45) is 0 Å². The summed E-state index contributed by atoms with van der Waals surface area (Å²) in [5.74, 6) is -0.891. The molecular formula is C17H10ClF6NO. The number of alkyl halides is 6. The van der Waals surface area contributed by atoms with Crippen LogP contribution in [0.4, 0.5) is 32.0 Å². The quantitative estimate of drug-likeness (QED) is 0.500. The highest BCUT2D eigenvalue weighted by molar-refractivity contribution is 6.30. The van der Waals surface area contributed by atoms with E-state index < -0.39 is 35.1 Å². The highest BCUT2D eigenvalue weighted by atomic mass is 35.5. The molecule has 0 aliphatic heterocycles. The van der Waals surface area contributed by atoms with Crippen molar-refractivity contribution < 1.29 is 31.1 Å². The van der Waals surface area contributed by atoms with Gasteiger partial charge in [-0.3, -0.25) is 4.79 Å². The second-order valence-electron chi connectivity index (χ2n) is 5.17. The van der Waals surface area contributed by atoms with Crippen molar-refractivity contribution in [1.29, 1.82) is 0 Å². The predicted molar refractivity (Wildman–Crippen MR) is 85.6 cm³/mol. The number of rotatable bonds is 3. The molecule has 0 saturated carbocycles. The Morgan fingerprint density at radius 3 is 2.00 bits per heavy atom. The Morgan fingerprint density at radius 2 is 1.50 bits per heavy atom. The molecule has 2 nitrogen and oxygen atoms in total. The molecule has 0 bridgehead atoms. The van der Waals surface area contributed by atoms with Gasteiger partial charge in [-0.25, -0.2) is 0 Å². The maximum Gasteiger partial charge on any atom is 0.416 e. The second-order valence-corrected chi connectivity index (χ2v) is 5.61. The number of anilines is 1. The molecule has 1 amide bonds. The molecule has 0 fully saturated rings. The second kappa shape index (κ2) is 7.41. The van der Waals surface area contributed by atoms with Gasteiger partial charge in [0.15, 0.2) is 0 Å². The Balaban J connectivity index is 2.26. The van der Waals surface area contributed by atoms with Crippen molar-refractivity contribution in [3.8, 4) is 0 Å². The molecule has 0 unspecified atom stereocenters. The topological polar surface area (TPSA) is 29.1 Å². The number of hydrogen-bond donors (Lipinski definition) is 1. The number of benzene rings is 2. The van der Waals surface area contributed by atoms with Gasteiger partial charge in [0.25, 0.3) is 0 Å². The van der Waals surface area contributed by atoms with Crippen LogP contribution < -0.4 is 5.32 Å². The van der Waals surface area contributed by atoms with Crippen molar-refractivity contribution in [2.45, 2.75) is 12.4 Å². The fourth-order valence-corrected chi connectivity index (χ4v) is 2.19. The Morgan fingerprint density at radius 1 is 0.923 bits per heavy atom. The number of carbonyl (C=O) groups excluding carboxylic acids is 1. The normalized spacial score (nSPS) is 12.4. The lowest BCUT2D eigenvalue weighted by atomic mass is 10.1. The van der Waals surface area contributed by atoms with Crippen molar-refractivity contribution in [2.75, 3.05) is 5.32 Å². The summed E-state index contributed by atoms with van der Waals surface area (Å²) in [6.07, 6.45) is -7.69. The minimum absolute atomic E-state index is 0.0164. The first kappa shape index (κ1) is 19.8. The van der Waals surface area contributed by atoms with Crippen molar-refractivity contribution in [3.63, 3.8) is 0 Å². The van der Waals surface area contributed by atoms with Gasteiger partial charge in [0, 0.05) is 16.8 Å². The highest BCUT2D eigenvalue weighted by Gasteiger charge is 2.37. The Kier molecular flexibility index (Phi) is 5.65. The summed E-state index contributed by atoms with van der Waals surface area (Å²) in [5.41, 5.74) is -3.11. The molecule has 0 aromatic heterocycles. The van der Waals surface area contributed by atoms with Crippen LogP contribution in [0, 0.1) is 0 Å². The van der Waals surface area contributed by atoms with E-state index in [1.807, 2.05) is 5.32 Å². The first-order valence-electron chi connectivity index (χ1n) is 6.99. The van der Waals surface area contributed by atoms with Crippen molar-refractivity contribution >= 4 is 29.3 Å². The minimum Gasteiger partial charge on any atom is -0.322 e. The fraction of sp³-hybridized carbons (Fsp3) is 0.118. The van der Waals surface area contributed by atoms with Gasteiger partial charge in [-0.2, -0.15) is 26.3 Å². The molecule has 138 valence electrons. The third kappa shape index (κ3) is 5.52. The van der Waals surface area contributed by atoms with Crippen LogP contribution in [0.2, 0.25) is 5.02 Å². The summed E-state index contributed by atoms with van der Waals surface area (Å²) in [4.78, 5) is 11.8. The first-order valence-corrected chi connectivity index (χ1v) is 7.37. The zero-order chi connectivity index (χ0) is 19.5. The predicted octanol–water partition coefficient (Wildman–Crippen LogP) is 6.03. The Labute approximate surface area is 149 Å². The molecule has 9 heteroatoms. The molecule has 26 heavy (non-hydrogen) atoms. The molecule has 1 N–H and O–H groups in total. The van der Waals surface area contributed by atoms with Gasteiger partial charge in [0.05, 0.1) is 11.1 Å². The van der Waals surface area contributed by atoms with Gasteiger partial charge in [0.2, 0.25) is 5.91 Å². The third-order valence-electron chi connectivity index (χ3n) is 3.13. The molecule has 2 aromatic carbocycles. The summed E-state index contributed by atoms with van der Waals surface area (Å²) >= 11 is 5.76. The van der Waals surface area contributed by atoms with E-state index in [0.717, 1.165) is 6.08 Å². The van der Waals surface area contributed by atoms with Crippen molar-refractivity contribution in [3.05, 3.63) is 70.3 Å². The summed E-state index contributed by atoms with van der Waals surface area (Å²) in [5, 5.41) is 2.40. The molecule has 0 saturated heterocycles. The van der Waals surface area contributed by atoms with E-state index in [2.05, 4.69) is 0 Å². The van der Waals surface area contributed by atoms with Gasteiger partial charge >= 0.3 is 12.4 Å². The average Bonchev–Trinajstić information content (AvgIpc) is 2.51. The zero-order valence-corrected chi connectivity index (χ0v) is 13.5. The van der Waals surface area contributed by atoms with Crippen LogP contribution in [-0.4, -0.2) is 5.91 Å². The van der Waals surface area contributed by atoms with Crippen LogP contribution in [0.5, 0.6) is 0 Å². The van der Waals surface area contributed by atoms with Crippen LogP contribution in [0.15, 0.2) is 48.5 Å². The molecule has 0 heterocycles. The smallest absolute Gasteiger partial charge is 0.322 e. The zero-order valence-electron chi connectivity index (χ0n) is 12.8. The lowest BCUT2D eigenvalue weighted by molar-refractivity contribution is -0.143. The molecule has 0 aliphatic rings. The van der Waals surface area contributed by atoms with E-state index in [9.17, 15) is 31.1 Å². The van der Waals surface area contributed by atoms with Gasteiger partial charge in [-0.1, -0.05) is 23.7 Å². The summed E-state index contributed by atoms with van der Waals surface area (Å²) < 4.78 is 76.6. The number of halogens is 7. The van der Waals surface area contributed by atoms with E-state index >= 15 is 0 Å². The molecule has 0 aliphatic carbocycles. The molecule has 2 rings (SSSR count). The van der Waals surface area contributed by atoms with Crippen LogP contribution >= 0.6 is 11.6 Å². The largest absolute Gasteiger partial charge is 0.416 e. The maximum atomic E-state index is 12.8. The van der Waals surface area contributed by atoms with Crippen LogP contribution in [0.25, 0.3) is 6.08 Å².